The number of benzene rings is 1. The Kier molecular flexibility index (Phi) is 12.8. The van der Waals surface area contributed by atoms with E-state index in [0.29, 0.717) is 68.9 Å². The van der Waals surface area contributed by atoms with E-state index in [1.807, 2.05) is 34.6 Å². The summed E-state index contributed by atoms with van der Waals surface area (Å²) in [5.41, 5.74) is -0.0602. The normalized spacial score (nSPS) is 18.4. The maximum absolute atomic E-state index is 13.5. The van der Waals surface area contributed by atoms with Crippen molar-refractivity contribution in [3.05, 3.63) is 54.4 Å². The predicted molar refractivity (Wildman–Crippen MR) is 196 cm³/mol. The smallest absolute Gasteiger partial charge is 0.410 e. The van der Waals surface area contributed by atoms with Crippen molar-refractivity contribution in [2.45, 2.75) is 76.6 Å². The zero-order valence-corrected chi connectivity index (χ0v) is 31.8. The number of hydrogen-bond donors (Lipinski definition) is 2. The fourth-order valence-electron chi connectivity index (χ4n) is 6.19. The number of ether oxygens (including phenoxy) is 2. The summed E-state index contributed by atoms with van der Waals surface area (Å²) in [6.07, 6.45) is 1.97. The fraction of sp³-hybridized carbons (Fsp3) is 0.541. The summed E-state index contributed by atoms with van der Waals surface area (Å²) in [5, 5.41) is 6.03. The van der Waals surface area contributed by atoms with Crippen molar-refractivity contribution in [1.82, 2.24) is 29.7 Å². The molecule has 5 rings (SSSR count). The van der Waals surface area contributed by atoms with E-state index < -0.39 is 51.9 Å². The van der Waals surface area contributed by atoms with Crippen LogP contribution in [0.3, 0.4) is 0 Å². The lowest BCUT2D eigenvalue weighted by Crippen LogP contribution is -2.52. The van der Waals surface area contributed by atoms with Crippen LogP contribution in [0, 0.1) is 5.92 Å². The molecule has 2 N–H and O–H groups in total. The number of ketones is 1. The second-order valence-corrected chi connectivity index (χ2v) is 16.7. The number of carbonyl (C=O) groups excluding carboxylic acids is 4. The highest BCUT2D eigenvalue weighted by molar-refractivity contribution is 7.89. The van der Waals surface area contributed by atoms with E-state index in [1.165, 1.54) is 12.3 Å². The van der Waals surface area contributed by atoms with E-state index in [1.54, 1.807) is 41.3 Å². The molecular weight excluding hydrogens is 705 g/mol. The molecule has 1 unspecified atom stereocenters. The largest absolute Gasteiger partial charge is 0.492 e. The summed E-state index contributed by atoms with van der Waals surface area (Å²) >= 11 is 0. The fourth-order valence-corrected chi connectivity index (χ4v) is 7.56. The zero-order valence-electron chi connectivity index (χ0n) is 31.0. The molecular formula is C37H50N6O9S. The average molecular weight is 755 g/mol. The van der Waals surface area contributed by atoms with E-state index >= 15 is 0 Å². The first-order valence-corrected chi connectivity index (χ1v) is 19.4. The standard InChI is InChI=1S/C37H50N6O9S/c1-25(2)21-29(34(45)39-28-9-8-14-43(24-30(28)44)53(48,49)33-10-6-7-13-38-33)40-35(46)32-23-26-22-27(11-12-31(26)51-32)50-20-19-41-15-17-42(18-16-41)36(47)52-37(3,4)5/h6-7,10-13,22-23,25,28-29H,8-9,14-21,24H2,1-5H3,(H,39,45)(H,40,46)/t28?,29-/m0/s1. The second kappa shape index (κ2) is 17.1. The van der Waals surface area contributed by atoms with Crippen molar-refractivity contribution in [2.24, 2.45) is 5.92 Å². The molecule has 2 atom stereocenters. The average Bonchev–Trinajstić information content (AvgIpc) is 3.44. The van der Waals surface area contributed by atoms with E-state index in [0.717, 1.165) is 4.31 Å². The third kappa shape index (κ3) is 10.8. The quantitative estimate of drug-likeness (QED) is 0.277. The number of piperazine rings is 1. The van der Waals surface area contributed by atoms with Gasteiger partial charge in [-0.2, -0.15) is 4.31 Å². The summed E-state index contributed by atoms with van der Waals surface area (Å²) < 4.78 is 44.6. The Morgan fingerprint density at radius 1 is 1.04 bits per heavy atom. The van der Waals surface area contributed by atoms with Crippen LogP contribution in [0.1, 0.15) is 64.4 Å². The van der Waals surface area contributed by atoms with Gasteiger partial charge in [-0.05, 0) is 82.3 Å². The first-order valence-electron chi connectivity index (χ1n) is 18.0. The molecule has 2 aliphatic rings. The highest BCUT2D eigenvalue weighted by atomic mass is 32.2. The molecule has 0 spiro atoms. The highest BCUT2D eigenvalue weighted by Gasteiger charge is 2.35. The maximum atomic E-state index is 13.5. The topological polar surface area (TPSA) is 181 Å². The van der Waals surface area contributed by atoms with Crippen molar-refractivity contribution in [1.29, 1.82) is 0 Å². The van der Waals surface area contributed by atoms with Gasteiger partial charge in [-0.25, -0.2) is 18.2 Å². The predicted octanol–water partition coefficient (Wildman–Crippen LogP) is 3.44. The van der Waals surface area contributed by atoms with Crippen molar-refractivity contribution in [2.75, 3.05) is 52.4 Å². The van der Waals surface area contributed by atoms with E-state index in [4.69, 9.17) is 13.9 Å². The maximum Gasteiger partial charge on any atom is 0.410 e. The Morgan fingerprint density at radius 2 is 1.79 bits per heavy atom. The summed E-state index contributed by atoms with van der Waals surface area (Å²) in [4.78, 5) is 60.3. The van der Waals surface area contributed by atoms with Crippen LogP contribution in [-0.4, -0.2) is 121 Å². The molecule has 0 radical (unpaired) electrons. The zero-order chi connectivity index (χ0) is 38.3. The van der Waals surface area contributed by atoms with Crippen LogP contribution in [0.4, 0.5) is 4.79 Å². The molecule has 2 aromatic heterocycles. The van der Waals surface area contributed by atoms with Crippen LogP contribution in [0.5, 0.6) is 5.75 Å². The van der Waals surface area contributed by atoms with Gasteiger partial charge in [0.05, 0.1) is 12.6 Å². The lowest BCUT2D eigenvalue weighted by Gasteiger charge is -2.35. The van der Waals surface area contributed by atoms with E-state index in [2.05, 4.69) is 20.5 Å². The summed E-state index contributed by atoms with van der Waals surface area (Å²) in [6.45, 7) is 12.8. The Balaban J connectivity index is 1.14. The molecule has 0 aliphatic carbocycles. The molecule has 0 saturated carbocycles. The molecule has 16 heteroatoms. The van der Waals surface area contributed by atoms with Gasteiger partial charge in [0.2, 0.25) is 5.91 Å². The van der Waals surface area contributed by atoms with Gasteiger partial charge in [0, 0.05) is 50.9 Å². The van der Waals surface area contributed by atoms with Crippen molar-refractivity contribution in [3.8, 4) is 5.75 Å². The molecule has 2 saturated heterocycles. The monoisotopic (exact) mass is 754 g/mol. The molecule has 2 aliphatic heterocycles. The molecule has 53 heavy (non-hydrogen) atoms. The first-order chi connectivity index (χ1) is 25.1. The third-order valence-corrected chi connectivity index (χ3v) is 10.7. The van der Waals surface area contributed by atoms with E-state index in [9.17, 15) is 27.6 Å². The van der Waals surface area contributed by atoms with Gasteiger partial charge in [-0.15, -0.1) is 0 Å². The molecule has 288 valence electrons. The third-order valence-electron chi connectivity index (χ3n) is 8.92. The van der Waals surface area contributed by atoms with Gasteiger partial charge < -0.3 is 29.4 Å². The van der Waals surface area contributed by atoms with Crippen molar-refractivity contribution < 1.29 is 41.5 Å². The number of aromatic nitrogens is 1. The number of furan rings is 1. The van der Waals surface area contributed by atoms with Gasteiger partial charge >= 0.3 is 6.09 Å². The molecule has 4 heterocycles. The lowest BCUT2D eigenvalue weighted by molar-refractivity contribution is -0.129. The molecule has 0 bridgehead atoms. The van der Waals surface area contributed by atoms with Crippen LogP contribution >= 0.6 is 0 Å². The lowest BCUT2D eigenvalue weighted by atomic mass is 10.0. The van der Waals surface area contributed by atoms with Crippen LogP contribution in [0.15, 0.2) is 58.1 Å². The minimum absolute atomic E-state index is 0.0162. The van der Waals surface area contributed by atoms with Gasteiger partial charge in [-0.3, -0.25) is 19.3 Å². The second-order valence-electron chi connectivity index (χ2n) is 14.8. The van der Waals surface area contributed by atoms with Gasteiger partial charge in [0.25, 0.3) is 15.9 Å². The summed E-state index contributed by atoms with van der Waals surface area (Å²) in [6, 6.07) is 9.51. The van der Waals surface area contributed by atoms with Crippen LogP contribution in [0.25, 0.3) is 11.0 Å². The number of nitrogens with one attached hydrogen (secondary N) is 2. The Labute approximate surface area is 310 Å². The minimum Gasteiger partial charge on any atom is -0.492 e. The highest BCUT2D eigenvalue weighted by Crippen LogP contribution is 2.25. The number of pyridine rings is 1. The molecule has 1 aromatic carbocycles. The summed E-state index contributed by atoms with van der Waals surface area (Å²) in [7, 11) is -3.98. The molecule has 15 nitrogen and oxygen atoms in total. The number of amides is 3. The minimum atomic E-state index is -3.98. The summed E-state index contributed by atoms with van der Waals surface area (Å²) in [5.74, 6) is -0.920. The van der Waals surface area contributed by atoms with Crippen LogP contribution in [-0.2, 0) is 24.3 Å². The Morgan fingerprint density at radius 3 is 2.47 bits per heavy atom. The number of nitrogens with zero attached hydrogens (tertiary/aromatic N) is 4. The Bertz CT molecular complexity index is 1870. The number of rotatable bonds is 12. The number of hydrogen-bond acceptors (Lipinski definition) is 11. The van der Waals surface area contributed by atoms with Crippen LogP contribution < -0.4 is 15.4 Å². The van der Waals surface area contributed by atoms with Gasteiger partial charge in [-0.1, -0.05) is 19.9 Å². The number of fused-ring (bicyclic) bond motifs is 1. The number of Topliss-reactive ketones (excluding diaryl/α,β-unsaturated/α-hetero) is 1. The molecule has 3 amide bonds. The van der Waals surface area contributed by atoms with Crippen LogP contribution in [0.2, 0.25) is 0 Å². The van der Waals surface area contributed by atoms with Gasteiger partial charge in [0.1, 0.15) is 29.6 Å². The van der Waals surface area contributed by atoms with Crippen molar-refractivity contribution >= 4 is 44.7 Å². The number of sulfonamides is 1. The first kappa shape index (κ1) is 39.7. The SMILES string of the molecule is CC(C)C[C@H](NC(=O)c1cc2cc(OCCN3CCN(C(=O)OC(C)(C)C)CC3)ccc2o1)C(=O)NC1CCCN(S(=O)(=O)c2ccccn2)CC1=O. The Hall–Kier alpha value is -4.54. The molecule has 2 fully saturated rings. The molecule has 3 aromatic rings. The van der Waals surface area contributed by atoms with Crippen molar-refractivity contribution in [3.63, 3.8) is 0 Å². The van der Waals surface area contributed by atoms with E-state index in [-0.39, 0.29) is 35.8 Å². The number of carbonyl (C=O) groups is 4. The van der Waals surface area contributed by atoms with Gasteiger partial charge in [0.15, 0.2) is 16.6 Å².